The van der Waals surface area contributed by atoms with Gasteiger partial charge in [-0.3, -0.25) is 9.69 Å². The van der Waals surface area contributed by atoms with Gasteiger partial charge in [0.2, 0.25) is 5.91 Å². The van der Waals surface area contributed by atoms with E-state index in [1.165, 1.54) is 0 Å². The van der Waals surface area contributed by atoms with Crippen LogP contribution in [0.5, 0.6) is 5.75 Å². The maximum Gasteiger partial charge on any atom is 0.242 e. The van der Waals surface area contributed by atoms with E-state index in [9.17, 15) is 4.79 Å². The molecule has 1 aliphatic rings. The van der Waals surface area contributed by atoms with Crippen LogP contribution in [0, 0.1) is 0 Å². The normalized spacial score (nSPS) is 14.9. The zero-order valence-electron chi connectivity index (χ0n) is 20.0. The largest absolute Gasteiger partial charge is 0.497 e. The van der Waals surface area contributed by atoms with Crippen molar-refractivity contribution in [3.8, 4) is 28.4 Å². The van der Waals surface area contributed by atoms with Crippen molar-refractivity contribution in [2.75, 3.05) is 33.3 Å². The van der Waals surface area contributed by atoms with Crippen molar-refractivity contribution in [1.29, 1.82) is 0 Å². The number of hydrogen-bond acceptors (Lipinski definition) is 4. The highest BCUT2D eigenvalue weighted by Gasteiger charge is 2.29. The average Bonchev–Trinajstić information content (AvgIpc) is 3.15. The Morgan fingerprint density at radius 3 is 2.15 bits per heavy atom. The fraction of sp³-hybridized carbons (Fsp3) is 0.385. The molecule has 6 nitrogen and oxygen atoms in total. The first-order chi connectivity index (χ1) is 16.2. The minimum Gasteiger partial charge on any atom is -0.497 e. The number of methoxy groups -OCH3 is 1. The van der Waals surface area contributed by atoms with E-state index >= 15 is 0 Å². The molecule has 1 fully saturated rings. The smallest absolute Gasteiger partial charge is 0.242 e. The monoisotopic (exact) mass is 544 g/mol. The van der Waals surface area contributed by atoms with Crippen LogP contribution in [-0.2, 0) is 11.3 Å². The molecule has 2 heterocycles. The molecule has 0 unspecified atom stereocenters. The minimum atomic E-state index is 0.0871. The molecule has 1 aromatic heterocycles. The van der Waals surface area contributed by atoms with Crippen molar-refractivity contribution >= 4 is 33.4 Å². The van der Waals surface area contributed by atoms with E-state index in [1.54, 1.807) is 7.11 Å². The van der Waals surface area contributed by atoms with Gasteiger partial charge in [-0.1, -0.05) is 23.7 Å². The molecule has 0 N–H and O–H groups in total. The van der Waals surface area contributed by atoms with E-state index in [0.29, 0.717) is 5.02 Å². The van der Waals surface area contributed by atoms with E-state index < -0.39 is 0 Å². The van der Waals surface area contributed by atoms with Gasteiger partial charge in [-0.2, -0.15) is 0 Å². The lowest BCUT2D eigenvalue weighted by Crippen LogP contribution is -2.55. The molecule has 0 aliphatic carbocycles. The van der Waals surface area contributed by atoms with Crippen LogP contribution in [0.4, 0.5) is 0 Å². The third-order valence-corrected chi connectivity index (χ3v) is 7.30. The summed E-state index contributed by atoms with van der Waals surface area (Å²) < 4.78 is 8.02. The molecule has 0 atom stereocenters. The van der Waals surface area contributed by atoms with Crippen LogP contribution in [0.15, 0.2) is 53.1 Å². The topological polar surface area (TPSA) is 50.6 Å². The van der Waals surface area contributed by atoms with Gasteiger partial charge >= 0.3 is 0 Å². The van der Waals surface area contributed by atoms with Gasteiger partial charge in [0.25, 0.3) is 0 Å². The van der Waals surface area contributed by atoms with Crippen LogP contribution < -0.4 is 4.74 Å². The summed E-state index contributed by atoms with van der Waals surface area (Å²) in [6, 6.07) is 15.3. The van der Waals surface area contributed by atoms with Gasteiger partial charge in [0.1, 0.15) is 28.4 Å². The maximum absolute atomic E-state index is 13.4. The van der Waals surface area contributed by atoms with Crippen molar-refractivity contribution in [3.63, 3.8) is 0 Å². The van der Waals surface area contributed by atoms with Crippen molar-refractivity contribution < 1.29 is 9.53 Å². The van der Waals surface area contributed by atoms with E-state index in [4.69, 9.17) is 21.3 Å². The summed E-state index contributed by atoms with van der Waals surface area (Å²) in [4.78, 5) is 22.7. The molecular weight excluding hydrogens is 516 g/mol. The van der Waals surface area contributed by atoms with Crippen LogP contribution in [0.1, 0.15) is 20.8 Å². The Labute approximate surface area is 214 Å². The molecular formula is C26H30BrClN4O2. The quantitative estimate of drug-likeness (QED) is 0.420. The van der Waals surface area contributed by atoms with Gasteiger partial charge in [-0.15, -0.1) is 0 Å². The number of ether oxygens (including phenoxy) is 1. The minimum absolute atomic E-state index is 0.0871. The lowest BCUT2D eigenvalue weighted by Gasteiger charge is -2.42. The maximum atomic E-state index is 13.4. The summed E-state index contributed by atoms with van der Waals surface area (Å²) in [5.74, 6) is 1.58. The number of benzene rings is 2. The molecule has 4 rings (SSSR count). The molecule has 1 aliphatic heterocycles. The highest BCUT2D eigenvalue weighted by atomic mass is 79.9. The molecule has 0 spiro atoms. The lowest BCUT2D eigenvalue weighted by molar-refractivity contribution is -0.134. The van der Waals surface area contributed by atoms with E-state index in [0.717, 1.165) is 59.2 Å². The number of carbonyl (C=O) groups excluding carboxylic acids is 1. The van der Waals surface area contributed by atoms with Gasteiger partial charge in [0.05, 0.1) is 7.11 Å². The van der Waals surface area contributed by atoms with Gasteiger partial charge in [0.15, 0.2) is 0 Å². The first-order valence-electron chi connectivity index (χ1n) is 11.4. The Kier molecular flexibility index (Phi) is 7.36. The lowest BCUT2D eigenvalue weighted by atomic mass is 10.0. The number of rotatable bonds is 5. The molecule has 0 bridgehead atoms. The summed E-state index contributed by atoms with van der Waals surface area (Å²) in [6.07, 6.45) is 0. The second kappa shape index (κ2) is 10.1. The van der Waals surface area contributed by atoms with Gasteiger partial charge in [-0.05, 0) is 73.1 Å². The summed E-state index contributed by atoms with van der Waals surface area (Å²) in [5.41, 5.74) is 2.72. The predicted molar refractivity (Wildman–Crippen MR) is 140 cm³/mol. The molecule has 0 radical (unpaired) electrons. The molecule has 180 valence electrons. The number of hydrogen-bond donors (Lipinski definition) is 0. The number of carbonyl (C=O) groups is 1. The first-order valence-corrected chi connectivity index (χ1v) is 12.5. The Hall–Kier alpha value is -2.35. The Bertz CT molecular complexity index is 1150. The van der Waals surface area contributed by atoms with Crippen LogP contribution in [-0.4, -0.2) is 64.1 Å². The fourth-order valence-corrected chi connectivity index (χ4v) is 4.93. The second-order valence-electron chi connectivity index (χ2n) is 9.44. The SMILES string of the molecule is COc1ccc(-c2nc(-c3ccc(Cl)cc3)c(Br)n2CC(=O)N2CCN(C(C)(C)C)CC2)cc1. The zero-order chi connectivity index (χ0) is 24.5. The highest BCUT2D eigenvalue weighted by molar-refractivity contribution is 9.10. The van der Waals surface area contributed by atoms with E-state index in [1.807, 2.05) is 58.0 Å². The number of imidazole rings is 1. The van der Waals surface area contributed by atoms with E-state index in [-0.39, 0.29) is 18.0 Å². The van der Waals surface area contributed by atoms with Crippen molar-refractivity contribution in [2.45, 2.75) is 32.9 Å². The van der Waals surface area contributed by atoms with Crippen LogP contribution in [0.25, 0.3) is 22.6 Å². The Morgan fingerprint density at radius 2 is 1.59 bits per heavy atom. The van der Waals surface area contributed by atoms with Crippen molar-refractivity contribution in [3.05, 3.63) is 58.2 Å². The van der Waals surface area contributed by atoms with Crippen LogP contribution >= 0.6 is 27.5 Å². The molecule has 8 heteroatoms. The van der Waals surface area contributed by atoms with E-state index in [2.05, 4.69) is 41.6 Å². The van der Waals surface area contributed by atoms with Crippen LogP contribution in [0.2, 0.25) is 5.02 Å². The second-order valence-corrected chi connectivity index (χ2v) is 10.6. The molecule has 2 aromatic carbocycles. The summed E-state index contributed by atoms with van der Waals surface area (Å²) in [7, 11) is 1.64. The van der Waals surface area contributed by atoms with Gasteiger partial charge < -0.3 is 14.2 Å². The summed E-state index contributed by atoms with van der Waals surface area (Å²) in [5, 5.41) is 0.666. The van der Waals surface area contributed by atoms with Crippen molar-refractivity contribution in [1.82, 2.24) is 19.4 Å². The summed E-state index contributed by atoms with van der Waals surface area (Å²) >= 11 is 9.83. The standard InChI is InChI=1S/C26H30BrClN4O2/c1-26(2,3)31-15-13-30(14-16-31)22(33)17-32-24(27)23(18-5-9-20(28)10-6-18)29-25(32)19-7-11-21(34-4)12-8-19/h5-12H,13-17H2,1-4H3. The highest BCUT2D eigenvalue weighted by Crippen LogP contribution is 2.34. The fourth-order valence-electron chi connectivity index (χ4n) is 4.19. The Morgan fingerprint density at radius 1 is 1.00 bits per heavy atom. The third-order valence-electron chi connectivity index (χ3n) is 6.25. The zero-order valence-corrected chi connectivity index (χ0v) is 22.4. The van der Waals surface area contributed by atoms with Crippen LogP contribution in [0.3, 0.4) is 0 Å². The number of amides is 1. The summed E-state index contributed by atoms with van der Waals surface area (Å²) in [6.45, 7) is 10.1. The average molecular weight is 546 g/mol. The van der Waals surface area contributed by atoms with Gasteiger partial charge in [0, 0.05) is 47.9 Å². The molecule has 34 heavy (non-hydrogen) atoms. The van der Waals surface area contributed by atoms with Crippen molar-refractivity contribution in [2.24, 2.45) is 0 Å². The Balaban J connectivity index is 1.64. The number of aromatic nitrogens is 2. The molecule has 1 saturated heterocycles. The molecule has 1 amide bonds. The first kappa shape index (κ1) is 24.8. The number of nitrogens with zero attached hydrogens (tertiary/aromatic N) is 4. The number of piperazine rings is 1. The van der Waals surface area contributed by atoms with Gasteiger partial charge in [-0.25, -0.2) is 4.98 Å². The molecule has 0 saturated carbocycles. The predicted octanol–water partition coefficient (Wildman–Crippen LogP) is 5.58. The number of halogens is 2. The third kappa shape index (κ3) is 5.32. The molecule has 3 aromatic rings.